The van der Waals surface area contributed by atoms with E-state index in [0.29, 0.717) is 11.4 Å². The van der Waals surface area contributed by atoms with E-state index in [1.165, 1.54) is 36.2 Å². The Hall–Kier alpha value is -3.94. The zero-order valence-corrected chi connectivity index (χ0v) is 19.0. The summed E-state index contributed by atoms with van der Waals surface area (Å²) in [4.78, 5) is 30.5. The fraction of sp³-hybridized carbons (Fsp3) is 0.231. The van der Waals surface area contributed by atoms with Crippen molar-refractivity contribution in [2.45, 2.75) is 33.1 Å². The van der Waals surface area contributed by atoms with Gasteiger partial charge in [0.05, 0.1) is 17.1 Å². The summed E-state index contributed by atoms with van der Waals surface area (Å²) in [5.41, 5.74) is 3.41. The summed E-state index contributed by atoms with van der Waals surface area (Å²) in [6.45, 7) is 4.93. The second kappa shape index (κ2) is 9.13. The summed E-state index contributed by atoms with van der Waals surface area (Å²) in [6.07, 6.45) is 1.34. The summed E-state index contributed by atoms with van der Waals surface area (Å²) < 4.78 is 28.1. The number of hydrogen-bond acceptors (Lipinski definition) is 4. The number of nitrogens with zero attached hydrogens (tertiary/aromatic N) is 3. The monoisotopic (exact) mass is 462 g/mol. The van der Waals surface area contributed by atoms with Crippen LogP contribution in [0.1, 0.15) is 31.4 Å². The molecule has 2 aromatic carbocycles. The summed E-state index contributed by atoms with van der Waals surface area (Å²) in [5, 5.41) is 8.10. The van der Waals surface area contributed by atoms with E-state index in [4.69, 9.17) is 0 Å². The predicted molar refractivity (Wildman–Crippen MR) is 128 cm³/mol. The SMILES string of the molecule is CCC(F)(F)c1cccc(NC(=O)C2C(=O)N(c3cccc(-c4ncccc4C)c3)N=C2C)c1. The number of amides is 2. The standard InChI is InChI=1S/C26H24F2N4O2/c1-4-26(27,28)19-10-6-11-20(15-19)30-24(33)22-17(3)31-32(25(22)34)21-12-5-9-18(14-21)23-16(2)8-7-13-29-23/h5-15,22H,4H2,1-3H3,(H,30,33). The summed E-state index contributed by atoms with van der Waals surface area (Å²) in [7, 11) is 0. The molecule has 0 bridgehead atoms. The van der Waals surface area contributed by atoms with Gasteiger partial charge in [0.15, 0.2) is 5.92 Å². The third-order valence-corrected chi connectivity index (χ3v) is 5.76. The number of aryl methyl sites for hydroxylation is 1. The van der Waals surface area contributed by atoms with Crippen LogP contribution in [0, 0.1) is 12.8 Å². The van der Waals surface area contributed by atoms with Crippen LogP contribution in [0.25, 0.3) is 11.3 Å². The zero-order chi connectivity index (χ0) is 24.5. The van der Waals surface area contributed by atoms with Gasteiger partial charge in [-0.25, -0.2) is 8.78 Å². The molecule has 34 heavy (non-hydrogen) atoms. The first-order valence-corrected chi connectivity index (χ1v) is 10.9. The van der Waals surface area contributed by atoms with Crippen LogP contribution in [-0.2, 0) is 15.5 Å². The Morgan fingerprint density at radius 1 is 1.09 bits per heavy atom. The number of carbonyl (C=O) groups is 2. The van der Waals surface area contributed by atoms with E-state index in [-0.39, 0.29) is 17.7 Å². The molecule has 0 fully saturated rings. The van der Waals surface area contributed by atoms with E-state index in [2.05, 4.69) is 15.4 Å². The number of carbonyl (C=O) groups excluding carboxylic acids is 2. The van der Waals surface area contributed by atoms with Crippen molar-refractivity contribution in [1.29, 1.82) is 0 Å². The van der Waals surface area contributed by atoms with Gasteiger partial charge in [-0.15, -0.1) is 0 Å². The van der Waals surface area contributed by atoms with Crippen LogP contribution in [0.2, 0.25) is 0 Å². The van der Waals surface area contributed by atoms with Gasteiger partial charge in [-0.3, -0.25) is 14.6 Å². The molecular formula is C26H24F2N4O2. The molecule has 3 aromatic rings. The first-order chi connectivity index (χ1) is 16.2. The Balaban J connectivity index is 1.56. The van der Waals surface area contributed by atoms with Gasteiger partial charge < -0.3 is 5.32 Å². The number of benzene rings is 2. The van der Waals surface area contributed by atoms with Crippen LogP contribution in [0.3, 0.4) is 0 Å². The third-order valence-electron chi connectivity index (χ3n) is 5.76. The normalized spacial score (nSPS) is 15.9. The van der Waals surface area contributed by atoms with Crippen LogP contribution < -0.4 is 10.3 Å². The van der Waals surface area contributed by atoms with Gasteiger partial charge in [0.2, 0.25) is 5.91 Å². The van der Waals surface area contributed by atoms with Crippen LogP contribution in [0.4, 0.5) is 20.2 Å². The maximum Gasteiger partial charge on any atom is 0.273 e. The first kappa shape index (κ1) is 23.2. The Morgan fingerprint density at radius 3 is 2.59 bits per heavy atom. The Labute approximate surface area is 196 Å². The van der Waals surface area contributed by atoms with E-state index >= 15 is 0 Å². The van der Waals surface area contributed by atoms with E-state index in [1.54, 1.807) is 31.3 Å². The minimum Gasteiger partial charge on any atom is -0.325 e. The average molecular weight is 463 g/mol. The second-order valence-corrected chi connectivity index (χ2v) is 8.17. The smallest absolute Gasteiger partial charge is 0.273 e. The maximum absolute atomic E-state index is 14.0. The largest absolute Gasteiger partial charge is 0.325 e. The highest BCUT2D eigenvalue weighted by Crippen LogP contribution is 2.33. The number of rotatable bonds is 6. The lowest BCUT2D eigenvalue weighted by molar-refractivity contribution is -0.127. The molecule has 1 aliphatic heterocycles. The van der Waals surface area contributed by atoms with E-state index in [1.807, 2.05) is 25.1 Å². The molecule has 2 amide bonds. The molecule has 8 heteroatoms. The number of pyridine rings is 1. The van der Waals surface area contributed by atoms with Gasteiger partial charge in [0.1, 0.15) is 0 Å². The summed E-state index contributed by atoms with van der Waals surface area (Å²) in [6, 6.07) is 16.5. The molecule has 6 nitrogen and oxygen atoms in total. The molecule has 1 unspecified atom stereocenters. The number of aromatic nitrogens is 1. The molecule has 1 N–H and O–H groups in total. The molecule has 0 aliphatic carbocycles. The number of hydrogen-bond donors (Lipinski definition) is 1. The maximum atomic E-state index is 14.0. The molecule has 0 spiro atoms. The molecule has 1 aromatic heterocycles. The van der Waals surface area contributed by atoms with Gasteiger partial charge in [-0.1, -0.05) is 37.3 Å². The van der Waals surface area contributed by atoms with Crippen molar-refractivity contribution < 1.29 is 18.4 Å². The summed E-state index contributed by atoms with van der Waals surface area (Å²) in [5.74, 6) is -5.30. The van der Waals surface area contributed by atoms with Crippen LogP contribution in [0.15, 0.2) is 72.0 Å². The third kappa shape index (κ3) is 4.44. The average Bonchev–Trinajstić information content (AvgIpc) is 3.13. The van der Waals surface area contributed by atoms with E-state index < -0.39 is 23.7 Å². The highest BCUT2D eigenvalue weighted by Gasteiger charge is 2.40. The van der Waals surface area contributed by atoms with Gasteiger partial charge >= 0.3 is 0 Å². The lowest BCUT2D eigenvalue weighted by atomic mass is 10.0. The minimum absolute atomic E-state index is 0.195. The predicted octanol–water partition coefficient (Wildman–Crippen LogP) is 5.54. The van der Waals surface area contributed by atoms with E-state index in [0.717, 1.165) is 16.8 Å². The van der Waals surface area contributed by atoms with Gasteiger partial charge in [0, 0.05) is 29.4 Å². The van der Waals surface area contributed by atoms with Crippen molar-refractivity contribution >= 4 is 28.9 Å². The molecular weight excluding hydrogens is 438 g/mol. The fourth-order valence-electron chi connectivity index (χ4n) is 3.87. The minimum atomic E-state index is -3.00. The van der Waals surface area contributed by atoms with Crippen molar-refractivity contribution in [2.24, 2.45) is 11.0 Å². The summed E-state index contributed by atoms with van der Waals surface area (Å²) >= 11 is 0. The second-order valence-electron chi connectivity index (χ2n) is 8.17. The number of nitrogens with one attached hydrogen (secondary N) is 1. The van der Waals surface area contributed by atoms with Crippen LogP contribution in [-0.4, -0.2) is 22.5 Å². The number of halogens is 2. The van der Waals surface area contributed by atoms with Crippen LogP contribution in [0.5, 0.6) is 0 Å². The molecule has 174 valence electrons. The van der Waals surface area contributed by atoms with Crippen molar-refractivity contribution in [1.82, 2.24) is 4.98 Å². The van der Waals surface area contributed by atoms with Crippen molar-refractivity contribution in [3.8, 4) is 11.3 Å². The zero-order valence-electron chi connectivity index (χ0n) is 19.0. The van der Waals surface area contributed by atoms with Crippen molar-refractivity contribution in [3.63, 3.8) is 0 Å². The topological polar surface area (TPSA) is 74.7 Å². The lowest BCUT2D eigenvalue weighted by Gasteiger charge is -2.17. The Morgan fingerprint density at radius 2 is 1.85 bits per heavy atom. The quantitative estimate of drug-likeness (QED) is 0.489. The molecule has 1 atom stereocenters. The number of alkyl halides is 2. The highest BCUT2D eigenvalue weighted by molar-refractivity contribution is 6.28. The highest BCUT2D eigenvalue weighted by atomic mass is 19.3. The van der Waals surface area contributed by atoms with Gasteiger partial charge in [-0.2, -0.15) is 10.1 Å². The number of hydrazone groups is 1. The molecule has 0 radical (unpaired) electrons. The van der Waals surface area contributed by atoms with E-state index in [9.17, 15) is 18.4 Å². The molecule has 2 heterocycles. The molecule has 1 aliphatic rings. The Bertz CT molecular complexity index is 1290. The van der Waals surface area contributed by atoms with Crippen molar-refractivity contribution in [2.75, 3.05) is 10.3 Å². The Kier molecular flexibility index (Phi) is 6.24. The first-order valence-electron chi connectivity index (χ1n) is 10.9. The molecule has 4 rings (SSSR count). The van der Waals surface area contributed by atoms with Gasteiger partial charge in [-0.05, 0) is 49.7 Å². The number of anilines is 2. The fourth-order valence-corrected chi connectivity index (χ4v) is 3.87. The molecule has 0 saturated carbocycles. The van der Waals surface area contributed by atoms with Gasteiger partial charge in [0.25, 0.3) is 11.8 Å². The van der Waals surface area contributed by atoms with Crippen LogP contribution >= 0.6 is 0 Å². The lowest BCUT2D eigenvalue weighted by Crippen LogP contribution is -2.36. The molecule has 0 saturated heterocycles. The van der Waals surface area contributed by atoms with Crippen molar-refractivity contribution in [3.05, 3.63) is 78.0 Å².